The number of imidazole rings is 1. The van der Waals surface area contributed by atoms with Crippen molar-refractivity contribution >= 4 is 33.7 Å². The highest BCUT2D eigenvalue weighted by atomic mass is 32.2. The van der Waals surface area contributed by atoms with Crippen LogP contribution in [0.2, 0.25) is 0 Å². The van der Waals surface area contributed by atoms with E-state index in [1.54, 1.807) is 18.1 Å². The topological polar surface area (TPSA) is 43.6 Å². The molecule has 16 heavy (non-hydrogen) atoms. The van der Waals surface area contributed by atoms with E-state index in [1.165, 1.54) is 0 Å². The van der Waals surface area contributed by atoms with Gasteiger partial charge in [-0.15, -0.1) is 11.8 Å². The first-order valence-corrected chi connectivity index (χ1v) is 6.11. The van der Waals surface area contributed by atoms with Crippen molar-refractivity contribution in [1.29, 1.82) is 0 Å². The van der Waals surface area contributed by atoms with Gasteiger partial charge in [-0.2, -0.15) is 0 Å². The van der Waals surface area contributed by atoms with Crippen molar-refractivity contribution in [3.05, 3.63) is 24.9 Å². The number of thioether (sulfide) groups is 1. The van der Waals surface area contributed by atoms with E-state index in [9.17, 15) is 0 Å². The third-order valence-corrected chi connectivity index (χ3v) is 3.44. The van der Waals surface area contributed by atoms with Crippen molar-refractivity contribution in [2.75, 3.05) is 6.26 Å². The van der Waals surface area contributed by atoms with Crippen LogP contribution in [0.15, 0.2) is 29.8 Å². The van der Waals surface area contributed by atoms with Gasteiger partial charge in [-0.1, -0.05) is 0 Å². The van der Waals surface area contributed by atoms with Gasteiger partial charge in [0.25, 0.3) is 0 Å². The van der Waals surface area contributed by atoms with Crippen LogP contribution >= 0.6 is 11.8 Å². The zero-order chi connectivity index (χ0) is 11.1. The SMILES string of the molecule is CSc1c2ncncc2cc2c1ncn2C. The molecule has 1 aromatic carbocycles. The molecule has 0 aliphatic carbocycles. The lowest BCUT2D eigenvalue weighted by Gasteiger charge is -2.04. The monoisotopic (exact) mass is 230 g/mol. The number of nitrogens with zero attached hydrogens (tertiary/aromatic N) is 4. The molecule has 4 nitrogen and oxygen atoms in total. The van der Waals surface area contributed by atoms with Crippen molar-refractivity contribution < 1.29 is 0 Å². The van der Waals surface area contributed by atoms with Crippen LogP contribution in [0.3, 0.4) is 0 Å². The molecule has 0 spiro atoms. The molecular weight excluding hydrogens is 220 g/mol. The second-order valence-electron chi connectivity index (χ2n) is 3.59. The summed E-state index contributed by atoms with van der Waals surface area (Å²) in [6.07, 6.45) is 7.30. The average molecular weight is 230 g/mol. The van der Waals surface area contributed by atoms with Gasteiger partial charge in [-0.3, -0.25) is 0 Å². The van der Waals surface area contributed by atoms with Crippen LogP contribution in [0.1, 0.15) is 0 Å². The smallest absolute Gasteiger partial charge is 0.116 e. The van der Waals surface area contributed by atoms with Gasteiger partial charge in [0.1, 0.15) is 11.8 Å². The Balaban J connectivity index is 2.58. The summed E-state index contributed by atoms with van der Waals surface area (Å²) in [5, 5.41) is 1.06. The maximum Gasteiger partial charge on any atom is 0.116 e. The largest absolute Gasteiger partial charge is 0.334 e. The van der Waals surface area contributed by atoms with Gasteiger partial charge in [0, 0.05) is 18.6 Å². The normalized spacial score (nSPS) is 11.4. The lowest BCUT2D eigenvalue weighted by Crippen LogP contribution is -1.88. The highest BCUT2D eigenvalue weighted by molar-refractivity contribution is 7.99. The molecule has 0 N–H and O–H groups in total. The molecule has 80 valence electrons. The zero-order valence-corrected chi connectivity index (χ0v) is 9.82. The minimum absolute atomic E-state index is 0.980. The highest BCUT2D eigenvalue weighted by Crippen LogP contribution is 2.31. The predicted octanol–water partition coefficient (Wildman–Crippen LogP) is 2.24. The molecular formula is C11H10N4S. The number of aromatic nitrogens is 4. The molecule has 0 unspecified atom stereocenters. The van der Waals surface area contributed by atoms with Gasteiger partial charge < -0.3 is 4.57 Å². The molecule has 2 heterocycles. The molecule has 0 aliphatic rings. The van der Waals surface area contributed by atoms with Crippen LogP contribution in [-0.2, 0) is 7.05 Å². The molecule has 0 radical (unpaired) electrons. The summed E-state index contributed by atoms with van der Waals surface area (Å²) in [5.74, 6) is 0. The number of rotatable bonds is 1. The summed E-state index contributed by atoms with van der Waals surface area (Å²) in [5.41, 5.74) is 3.11. The fourth-order valence-corrected chi connectivity index (χ4v) is 2.59. The van der Waals surface area contributed by atoms with Gasteiger partial charge in [0.05, 0.1) is 22.3 Å². The number of fused-ring (bicyclic) bond motifs is 2. The standard InChI is InChI=1S/C11H10N4S/c1-15-6-14-10-8(15)3-7-4-12-5-13-9(7)11(10)16-2/h3-6H,1-2H3. The average Bonchev–Trinajstić information content (AvgIpc) is 2.68. The van der Waals surface area contributed by atoms with Crippen LogP contribution in [0.25, 0.3) is 21.9 Å². The van der Waals surface area contributed by atoms with E-state index in [4.69, 9.17) is 0 Å². The molecule has 0 saturated carbocycles. The second-order valence-corrected chi connectivity index (χ2v) is 4.41. The molecule has 0 atom stereocenters. The molecule has 3 aromatic rings. The minimum Gasteiger partial charge on any atom is -0.334 e. The van der Waals surface area contributed by atoms with Crippen molar-refractivity contribution in [1.82, 2.24) is 19.5 Å². The second kappa shape index (κ2) is 3.45. The number of hydrogen-bond acceptors (Lipinski definition) is 4. The summed E-state index contributed by atoms with van der Waals surface area (Å²) in [4.78, 5) is 13.9. The Morgan fingerprint density at radius 1 is 1.25 bits per heavy atom. The Morgan fingerprint density at radius 3 is 2.94 bits per heavy atom. The maximum atomic E-state index is 4.42. The lowest BCUT2D eigenvalue weighted by atomic mass is 10.2. The third kappa shape index (κ3) is 1.21. The molecule has 0 bridgehead atoms. The molecule has 0 fully saturated rings. The Kier molecular flexibility index (Phi) is 2.07. The van der Waals surface area contributed by atoms with E-state index in [2.05, 4.69) is 21.0 Å². The molecule has 5 heteroatoms. The van der Waals surface area contributed by atoms with Gasteiger partial charge in [0.2, 0.25) is 0 Å². The van der Waals surface area contributed by atoms with Crippen molar-refractivity contribution in [3.8, 4) is 0 Å². The molecule has 0 amide bonds. The summed E-state index contributed by atoms with van der Waals surface area (Å²) in [6, 6.07) is 2.08. The van der Waals surface area contributed by atoms with Crippen molar-refractivity contribution in [3.63, 3.8) is 0 Å². The first-order chi connectivity index (χ1) is 7.81. The van der Waals surface area contributed by atoms with Gasteiger partial charge >= 0.3 is 0 Å². The van der Waals surface area contributed by atoms with Crippen LogP contribution < -0.4 is 0 Å². The van der Waals surface area contributed by atoms with Crippen molar-refractivity contribution in [2.45, 2.75) is 4.90 Å². The van der Waals surface area contributed by atoms with Gasteiger partial charge in [-0.05, 0) is 12.3 Å². The quantitative estimate of drug-likeness (QED) is 0.601. The lowest BCUT2D eigenvalue weighted by molar-refractivity contribution is 0.948. The van der Waals surface area contributed by atoms with Crippen LogP contribution in [0.4, 0.5) is 0 Å². The summed E-state index contributed by atoms with van der Waals surface area (Å²) >= 11 is 1.67. The van der Waals surface area contributed by atoms with E-state index in [1.807, 2.05) is 30.4 Å². The van der Waals surface area contributed by atoms with Crippen LogP contribution in [0, 0.1) is 0 Å². The Hall–Kier alpha value is -1.62. The molecule has 3 rings (SSSR count). The van der Waals surface area contributed by atoms with Crippen LogP contribution in [-0.4, -0.2) is 25.8 Å². The van der Waals surface area contributed by atoms with E-state index in [-0.39, 0.29) is 0 Å². The first kappa shape index (κ1) is 9.59. The fourth-order valence-electron chi connectivity index (χ4n) is 1.87. The highest BCUT2D eigenvalue weighted by Gasteiger charge is 2.11. The Labute approximate surface area is 96.7 Å². The van der Waals surface area contributed by atoms with E-state index in [0.29, 0.717) is 0 Å². The van der Waals surface area contributed by atoms with E-state index < -0.39 is 0 Å². The fraction of sp³-hybridized carbons (Fsp3) is 0.182. The number of benzene rings is 1. The summed E-state index contributed by atoms with van der Waals surface area (Å²) in [7, 11) is 2.00. The number of aryl methyl sites for hydroxylation is 1. The Bertz CT molecular complexity index is 674. The zero-order valence-electron chi connectivity index (χ0n) is 9.01. The number of hydrogen-bond donors (Lipinski definition) is 0. The third-order valence-electron chi connectivity index (χ3n) is 2.65. The molecule has 2 aromatic heterocycles. The van der Waals surface area contributed by atoms with Crippen LogP contribution in [0.5, 0.6) is 0 Å². The molecule has 0 aliphatic heterocycles. The predicted molar refractivity (Wildman–Crippen MR) is 65.6 cm³/mol. The minimum atomic E-state index is 0.980. The molecule has 0 saturated heterocycles. The first-order valence-electron chi connectivity index (χ1n) is 4.89. The van der Waals surface area contributed by atoms with Gasteiger partial charge in [-0.25, -0.2) is 15.0 Å². The van der Waals surface area contributed by atoms with Gasteiger partial charge in [0.15, 0.2) is 0 Å². The summed E-state index contributed by atoms with van der Waals surface area (Å²) < 4.78 is 2.02. The summed E-state index contributed by atoms with van der Waals surface area (Å²) in [6.45, 7) is 0. The Morgan fingerprint density at radius 2 is 2.12 bits per heavy atom. The van der Waals surface area contributed by atoms with E-state index in [0.717, 1.165) is 26.8 Å². The maximum absolute atomic E-state index is 4.42. The van der Waals surface area contributed by atoms with E-state index >= 15 is 0 Å². The van der Waals surface area contributed by atoms with Crippen molar-refractivity contribution in [2.24, 2.45) is 7.05 Å².